The Kier molecular flexibility index (Phi) is 6.32. The van der Waals surface area contributed by atoms with Gasteiger partial charge in [-0.3, -0.25) is 0 Å². The maximum absolute atomic E-state index is 11.6. The first-order valence-corrected chi connectivity index (χ1v) is 6.76. The number of rotatable bonds is 5. The molecule has 8 heteroatoms. The molecule has 0 saturated heterocycles. The molecule has 4 N–H and O–H groups in total. The van der Waals surface area contributed by atoms with Crippen LogP contribution >= 0.6 is 34.2 Å². The third kappa shape index (κ3) is 5.21. The second-order valence-electron chi connectivity index (χ2n) is 3.63. The van der Waals surface area contributed by atoms with E-state index in [-0.39, 0.29) is 13.0 Å². The highest BCUT2D eigenvalue weighted by Gasteiger charge is 2.19. The molecular formula is C11H12ClIN2O4. The largest absolute Gasteiger partial charge is 0.480 e. The van der Waals surface area contributed by atoms with Gasteiger partial charge in [-0.05, 0) is 40.8 Å². The minimum Gasteiger partial charge on any atom is -0.480 e. The molecule has 0 aliphatic carbocycles. The van der Waals surface area contributed by atoms with Crippen molar-refractivity contribution in [2.75, 3.05) is 11.9 Å². The SMILES string of the molecule is O=C(Nc1ccc(Cl)cc1I)NC(CCO)C(=O)O. The molecule has 104 valence electrons. The van der Waals surface area contributed by atoms with Crippen molar-refractivity contribution in [3.8, 4) is 0 Å². The van der Waals surface area contributed by atoms with Crippen LogP contribution in [-0.4, -0.2) is 34.9 Å². The molecule has 2 amide bonds. The molecule has 0 aliphatic heterocycles. The fourth-order valence-corrected chi connectivity index (χ4v) is 2.30. The van der Waals surface area contributed by atoms with E-state index in [2.05, 4.69) is 10.6 Å². The summed E-state index contributed by atoms with van der Waals surface area (Å²) in [6.07, 6.45) is -0.0551. The summed E-state index contributed by atoms with van der Waals surface area (Å²) in [5.74, 6) is -1.20. The number of aliphatic hydroxyl groups excluding tert-OH is 1. The Hall–Kier alpha value is -1.06. The number of aliphatic hydroxyl groups is 1. The van der Waals surface area contributed by atoms with E-state index in [9.17, 15) is 9.59 Å². The number of carboxylic acid groups (broad SMARTS) is 1. The lowest BCUT2D eigenvalue weighted by Gasteiger charge is -2.14. The Morgan fingerprint density at radius 3 is 2.63 bits per heavy atom. The second-order valence-corrected chi connectivity index (χ2v) is 5.22. The van der Waals surface area contributed by atoms with Gasteiger partial charge in [-0.1, -0.05) is 11.6 Å². The van der Waals surface area contributed by atoms with Gasteiger partial charge in [0.25, 0.3) is 0 Å². The predicted molar refractivity (Wildman–Crippen MR) is 79.5 cm³/mol. The third-order valence-electron chi connectivity index (χ3n) is 2.20. The Bertz CT molecular complexity index is 484. The number of carboxylic acids is 1. The number of halogens is 2. The molecule has 0 aliphatic rings. The van der Waals surface area contributed by atoms with E-state index in [1.54, 1.807) is 18.2 Å². The van der Waals surface area contributed by atoms with E-state index in [4.69, 9.17) is 21.8 Å². The first-order chi connectivity index (χ1) is 8.93. The average Bonchev–Trinajstić information content (AvgIpc) is 2.32. The lowest BCUT2D eigenvalue weighted by atomic mass is 10.2. The summed E-state index contributed by atoms with van der Waals surface area (Å²) in [5.41, 5.74) is 0.524. The molecule has 0 aromatic heterocycles. The molecule has 0 radical (unpaired) electrons. The summed E-state index contributed by atoms with van der Waals surface area (Å²) in [6, 6.07) is 3.11. The molecule has 6 nitrogen and oxygen atoms in total. The van der Waals surface area contributed by atoms with Crippen LogP contribution in [0, 0.1) is 3.57 Å². The number of carbonyl (C=O) groups is 2. The van der Waals surface area contributed by atoms with Crippen molar-refractivity contribution in [3.05, 3.63) is 26.8 Å². The number of amides is 2. The van der Waals surface area contributed by atoms with Gasteiger partial charge in [-0.25, -0.2) is 9.59 Å². The maximum atomic E-state index is 11.6. The third-order valence-corrected chi connectivity index (χ3v) is 3.33. The Labute approximate surface area is 128 Å². The Morgan fingerprint density at radius 1 is 1.42 bits per heavy atom. The van der Waals surface area contributed by atoms with Crippen LogP contribution < -0.4 is 10.6 Å². The number of benzene rings is 1. The topological polar surface area (TPSA) is 98.7 Å². The van der Waals surface area contributed by atoms with Crippen LogP contribution in [0.4, 0.5) is 10.5 Å². The molecular weight excluding hydrogens is 386 g/mol. The van der Waals surface area contributed by atoms with E-state index < -0.39 is 18.0 Å². The molecule has 19 heavy (non-hydrogen) atoms. The van der Waals surface area contributed by atoms with Crippen molar-refractivity contribution < 1.29 is 19.8 Å². The zero-order valence-corrected chi connectivity index (χ0v) is 12.6. The lowest BCUT2D eigenvalue weighted by Crippen LogP contribution is -2.43. The summed E-state index contributed by atoms with van der Waals surface area (Å²) in [6.45, 7) is -0.324. The molecule has 1 aromatic rings. The predicted octanol–water partition coefficient (Wildman–Crippen LogP) is 1.90. The highest BCUT2D eigenvalue weighted by molar-refractivity contribution is 14.1. The van der Waals surface area contributed by atoms with Gasteiger partial charge in [-0.15, -0.1) is 0 Å². The monoisotopic (exact) mass is 398 g/mol. The van der Waals surface area contributed by atoms with Gasteiger partial charge in [0.05, 0.1) is 5.69 Å². The summed E-state index contributed by atoms with van der Waals surface area (Å²) in [4.78, 5) is 22.5. The molecule has 1 rings (SSSR count). The Morgan fingerprint density at radius 2 is 2.11 bits per heavy atom. The van der Waals surface area contributed by atoms with Crippen molar-refractivity contribution in [2.24, 2.45) is 0 Å². The fraction of sp³-hybridized carbons (Fsp3) is 0.273. The molecule has 0 saturated carbocycles. The van der Waals surface area contributed by atoms with E-state index in [1.165, 1.54) is 0 Å². The number of nitrogens with one attached hydrogen (secondary N) is 2. The average molecular weight is 399 g/mol. The molecule has 0 fully saturated rings. The minimum atomic E-state index is -1.20. The normalized spacial score (nSPS) is 11.7. The summed E-state index contributed by atoms with van der Waals surface area (Å²) in [5, 5.41) is 22.9. The standard InChI is InChI=1S/C11H12ClIN2O4/c12-6-1-2-8(7(13)5-6)14-11(19)15-9(3-4-16)10(17)18/h1-2,5,9,16H,3-4H2,(H,17,18)(H2,14,15,19). The molecule has 1 unspecified atom stereocenters. The van der Waals surface area contributed by atoms with Crippen molar-refractivity contribution >= 4 is 51.9 Å². The highest BCUT2D eigenvalue weighted by Crippen LogP contribution is 2.22. The smallest absolute Gasteiger partial charge is 0.326 e. The molecule has 1 atom stereocenters. The van der Waals surface area contributed by atoms with Crippen molar-refractivity contribution in [1.29, 1.82) is 0 Å². The summed E-state index contributed by atoms with van der Waals surface area (Å²) in [7, 11) is 0. The van der Waals surface area contributed by atoms with Crippen molar-refractivity contribution in [2.45, 2.75) is 12.5 Å². The fourth-order valence-electron chi connectivity index (χ4n) is 1.29. The van der Waals surface area contributed by atoms with Crippen LogP contribution in [0.15, 0.2) is 18.2 Å². The van der Waals surface area contributed by atoms with Crippen LogP contribution in [0.5, 0.6) is 0 Å². The Balaban J connectivity index is 2.66. The number of hydrogen-bond donors (Lipinski definition) is 4. The van der Waals surface area contributed by atoms with Crippen LogP contribution in [-0.2, 0) is 4.79 Å². The molecule has 0 bridgehead atoms. The van der Waals surface area contributed by atoms with Gasteiger partial charge in [0, 0.05) is 21.6 Å². The summed E-state index contributed by atoms with van der Waals surface area (Å²) < 4.78 is 0.731. The summed E-state index contributed by atoms with van der Waals surface area (Å²) >= 11 is 7.78. The van der Waals surface area contributed by atoms with Crippen LogP contribution in [0.1, 0.15) is 6.42 Å². The van der Waals surface area contributed by atoms with Crippen LogP contribution in [0.3, 0.4) is 0 Å². The van der Waals surface area contributed by atoms with Gasteiger partial charge >= 0.3 is 12.0 Å². The molecule has 1 aromatic carbocycles. The van der Waals surface area contributed by atoms with Crippen LogP contribution in [0.25, 0.3) is 0 Å². The van der Waals surface area contributed by atoms with E-state index in [0.717, 1.165) is 3.57 Å². The van der Waals surface area contributed by atoms with Gasteiger partial charge in [0.2, 0.25) is 0 Å². The van der Waals surface area contributed by atoms with Crippen molar-refractivity contribution in [3.63, 3.8) is 0 Å². The van der Waals surface area contributed by atoms with E-state index in [0.29, 0.717) is 10.7 Å². The van der Waals surface area contributed by atoms with E-state index in [1.807, 2.05) is 22.6 Å². The molecule has 0 heterocycles. The number of carbonyl (C=O) groups excluding carboxylic acids is 1. The van der Waals surface area contributed by atoms with Gasteiger partial charge in [0.15, 0.2) is 0 Å². The highest BCUT2D eigenvalue weighted by atomic mass is 127. The van der Waals surface area contributed by atoms with Crippen LogP contribution in [0.2, 0.25) is 5.02 Å². The zero-order valence-electron chi connectivity index (χ0n) is 9.69. The van der Waals surface area contributed by atoms with E-state index >= 15 is 0 Å². The molecule has 0 spiro atoms. The van der Waals surface area contributed by atoms with Gasteiger partial charge in [0.1, 0.15) is 6.04 Å². The number of urea groups is 1. The van der Waals surface area contributed by atoms with Gasteiger partial charge < -0.3 is 20.8 Å². The zero-order chi connectivity index (χ0) is 14.4. The lowest BCUT2D eigenvalue weighted by molar-refractivity contribution is -0.139. The number of hydrogen-bond acceptors (Lipinski definition) is 3. The first-order valence-electron chi connectivity index (χ1n) is 5.30. The minimum absolute atomic E-state index is 0.0551. The maximum Gasteiger partial charge on any atom is 0.326 e. The van der Waals surface area contributed by atoms with Crippen molar-refractivity contribution in [1.82, 2.24) is 5.32 Å². The number of anilines is 1. The first kappa shape index (κ1) is 16.0. The number of aliphatic carboxylic acids is 1. The quantitative estimate of drug-likeness (QED) is 0.569. The van der Waals surface area contributed by atoms with Gasteiger partial charge in [-0.2, -0.15) is 0 Å². The second kappa shape index (κ2) is 7.51.